The first-order valence-corrected chi connectivity index (χ1v) is 6.82. The molecule has 0 radical (unpaired) electrons. The Bertz CT molecular complexity index is 236. The van der Waals surface area contributed by atoms with Gasteiger partial charge in [0.05, 0.1) is 12.2 Å². The van der Waals surface area contributed by atoms with Gasteiger partial charge < -0.3 is 10.1 Å². The van der Waals surface area contributed by atoms with Crippen LogP contribution in [0.5, 0.6) is 0 Å². The number of nitrogens with one attached hydrogen (secondary N) is 1. The molecule has 92 valence electrons. The van der Waals surface area contributed by atoms with Crippen LogP contribution in [0.2, 0.25) is 0 Å². The molecule has 3 rings (SSSR count). The molecule has 0 spiro atoms. The van der Waals surface area contributed by atoms with Crippen LogP contribution in [0.1, 0.15) is 26.7 Å². The molecule has 3 aliphatic rings. The van der Waals surface area contributed by atoms with Crippen LogP contribution in [0, 0.1) is 11.8 Å². The minimum Gasteiger partial charge on any atom is -0.375 e. The van der Waals surface area contributed by atoms with Crippen LogP contribution in [0.4, 0.5) is 0 Å². The Morgan fingerprint density at radius 3 is 2.12 bits per heavy atom. The fourth-order valence-electron chi connectivity index (χ4n) is 3.86. The minimum absolute atomic E-state index is 0.451. The summed E-state index contributed by atoms with van der Waals surface area (Å²) in [6.07, 6.45) is 3.37. The Morgan fingerprint density at radius 2 is 1.56 bits per heavy atom. The van der Waals surface area contributed by atoms with Crippen molar-refractivity contribution >= 4 is 0 Å². The monoisotopic (exact) mass is 224 g/mol. The van der Waals surface area contributed by atoms with E-state index in [2.05, 4.69) is 24.1 Å². The predicted octanol–water partition coefficient (Wildman–Crippen LogP) is 1.09. The van der Waals surface area contributed by atoms with Crippen LogP contribution in [0.25, 0.3) is 0 Å². The topological polar surface area (TPSA) is 24.5 Å². The number of nitrogens with zero attached hydrogens (tertiary/aromatic N) is 1. The van der Waals surface area contributed by atoms with Gasteiger partial charge in [-0.1, -0.05) is 0 Å². The van der Waals surface area contributed by atoms with Gasteiger partial charge in [-0.25, -0.2) is 0 Å². The fourth-order valence-corrected chi connectivity index (χ4v) is 3.86. The third-order valence-corrected chi connectivity index (χ3v) is 4.61. The van der Waals surface area contributed by atoms with Crippen molar-refractivity contribution in [1.82, 2.24) is 10.2 Å². The highest BCUT2D eigenvalue weighted by atomic mass is 16.5. The first-order chi connectivity index (χ1) is 7.72. The molecule has 3 heteroatoms. The third kappa shape index (κ3) is 2.01. The Balaban J connectivity index is 1.61. The van der Waals surface area contributed by atoms with E-state index in [0.29, 0.717) is 12.2 Å². The molecule has 3 nitrogen and oxygen atoms in total. The van der Waals surface area contributed by atoms with Gasteiger partial charge in [-0.15, -0.1) is 0 Å². The van der Waals surface area contributed by atoms with Crippen LogP contribution in [-0.2, 0) is 4.74 Å². The lowest BCUT2D eigenvalue weighted by molar-refractivity contribution is -0.0626. The van der Waals surface area contributed by atoms with Crippen molar-refractivity contribution in [3.8, 4) is 0 Å². The lowest BCUT2D eigenvalue weighted by Crippen LogP contribution is -2.44. The van der Waals surface area contributed by atoms with Crippen molar-refractivity contribution in [2.75, 3.05) is 26.2 Å². The van der Waals surface area contributed by atoms with Gasteiger partial charge in [0.15, 0.2) is 0 Å². The van der Waals surface area contributed by atoms with Crippen LogP contribution in [-0.4, -0.2) is 49.3 Å². The second kappa shape index (κ2) is 4.28. The van der Waals surface area contributed by atoms with Gasteiger partial charge in [-0.3, -0.25) is 4.90 Å². The van der Waals surface area contributed by atoms with E-state index in [1.807, 2.05) is 0 Å². The number of rotatable bonds is 1. The number of hydrogen-bond acceptors (Lipinski definition) is 3. The molecule has 1 N–H and O–H groups in total. The summed E-state index contributed by atoms with van der Waals surface area (Å²) in [5, 5.41) is 3.51. The van der Waals surface area contributed by atoms with Gasteiger partial charge in [-0.2, -0.15) is 0 Å². The largest absolute Gasteiger partial charge is 0.375 e. The average molecular weight is 224 g/mol. The highest BCUT2D eigenvalue weighted by molar-refractivity contribution is 4.95. The zero-order chi connectivity index (χ0) is 11.1. The van der Waals surface area contributed by atoms with E-state index < -0.39 is 0 Å². The maximum absolute atomic E-state index is 5.83. The summed E-state index contributed by atoms with van der Waals surface area (Å²) < 4.78 is 5.83. The summed E-state index contributed by atoms with van der Waals surface area (Å²) in [6.45, 7) is 9.58. The molecular formula is C13H24N2O. The van der Waals surface area contributed by atoms with Crippen LogP contribution in [0.3, 0.4) is 0 Å². The lowest BCUT2D eigenvalue weighted by Gasteiger charge is -2.37. The van der Waals surface area contributed by atoms with Gasteiger partial charge in [0, 0.05) is 19.1 Å². The molecule has 0 bridgehead atoms. The molecule has 3 saturated heterocycles. The van der Waals surface area contributed by atoms with Crippen molar-refractivity contribution in [3.63, 3.8) is 0 Å². The molecule has 3 heterocycles. The first kappa shape index (κ1) is 11.0. The molecule has 0 amide bonds. The summed E-state index contributed by atoms with van der Waals surface area (Å²) in [5.41, 5.74) is 0. The van der Waals surface area contributed by atoms with E-state index in [1.54, 1.807) is 0 Å². The average Bonchev–Trinajstić information content (AvgIpc) is 2.74. The van der Waals surface area contributed by atoms with Gasteiger partial charge in [0.2, 0.25) is 0 Å². The molecule has 0 aromatic rings. The third-order valence-electron chi connectivity index (χ3n) is 4.61. The molecule has 16 heavy (non-hydrogen) atoms. The standard InChI is InChI=1S/C13H24N2O/c1-9-3-13(4-10(2)16-9)15-7-11-5-14-6-12(11)8-15/h9-14H,3-8H2,1-2H3/t9?,10?,11-,12+,13?. The van der Waals surface area contributed by atoms with E-state index in [4.69, 9.17) is 4.74 Å². The van der Waals surface area contributed by atoms with Crippen LogP contribution in [0.15, 0.2) is 0 Å². The molecule has 3 aliphatic heterocycles. The van der Waals surface area contributed by atoms with Crippen molar-refractivity contribution in [2.45, 2.75) is 44.9 Å². The molecule has 2 unspecified atom stereocenters. The van der Waals surface area contributed by atoms with Crippen molar-refractivity contribution in [1.29, 1.82) is 0 Å². The zero-order valence-corrected chi connectivity index (χ0v) is 10.5. The van der Waals surface area contributed by atoms with E-state index in [0.717, 1.165) is 17.9 Å². The van der Waals surface area contributed by atoms with Crippen LogP contribution >= 0.6 is 0 Å². The summed E-state index contributed by atoms with van der Waals surface area (Å²) in [5.74, 6) is 1.85. The van der Waals surface area contributed by atoms with Crippen molar-refractivity contribution in [2.24, 2.45) is 11.8 Å². The molecule has 0 aliphatic carbocycles. The zero-order valence-electron chi connectivity index (χ0n) is 10.5. The maximum atomic E-state index is 5.83. The predicted molar refractivity (Wildman–Crippen MR) is 64.5 cm³/mol. The van der Waals surface area contributed by atoms with E-state index in [9.17, 15) is 0 Å². The van der Waals surface area contributed by atoms with Gasteiger partial charge in [-0.05, 0) is 51.6 Å². The molecular weight excluding hydrogens is 200 g/mol. The highest BCUT2D eigenvalue weighted by Crippen LogP contribution is 2.32. The fraction of sp³-hybridized carbons (Fsp3) is 1.00. The number of hydrogen-bond donors (Lipinski definition) is 1. The Morgan fingerprint density at radius 1 is 1.00 bits per heavy atom. The molecule has 0 aromatic carbocycles. The second-order valence-corrected chi connectivity index (χ2v) is 6.01. The maximum Gasteiger partial charge on any atom is 0.0565 e. The smallest absolute Gasteiger partial charge is 0.0565 e. The molecule has 3 fully saturated rings. The Hall–Kier alpha value is -0.120. The Labute approximate surface area is 98.5 Å². The van der Waals surface area contributed by atoms with Crippen molar-refractivity contribution < 1.29 is 4.74 Å². The second-order valence-electron chi connectivity index (χ2n) is 6.01. The quantitative estimate of drug-likeness (QED) is 0.722. The molecule has 0 aromatic heterocycles. The lowest BCUT2D eigenvalue weighted by atomic mass is 9.98. The molecule has 4 atom stereocenters. The highest BCUT2D eigenvalue weighted by Gasteiger charge is 2.40. The van der Waals surface area contributed by atoms with Gasteiger partial charge in [0.25, 0.3) is 0 Å². The number of fused-ring (bicyclic) bond motifs is 1. The first-order valence-electron chi connectivity index (χ1n) is 6.82. The van der Waals surface area contributed by atoms with E-state index >= 15 is 0 Å². The van der Waals surface area contributed by atoms with Crippen LogP contribution < -0.4 is 5.32 Å². The van der Waals surface area contributed by atoms with E-state index in [-0.39, 0.29) is 0 Å². The number of ether oxygens (including phenoxy) is 1. The normalized spacial score (nSPS) is 49.5. The molecule has 0 saturated carbocycles. The minimum atomic E-state index is 0.451. The SMILES string of the molecule is CC1CC(N2C[C@H]3CNC[C@H]3C2)CC(C)O1. The number of likely N-dealkylation sites (tertiary alicyclic amines) is 1. The Kier molecular flexibility index (Phi) is 2.94. The van der Waals surface area contributed by atoms with E-state index in [1.165, 1.54) is 39.0 Å². The van der Waals surface area contributed by atoms with Gasteiger partial charge in [0.1, 0.15) is 0 Å². The summed E-state index contributed by atoms with van der Waals surface area (Å²) in [6, 6.07) is 0.782. The van der Waals surface area contributed by atoms with Crippen molar-refractivity contribution in [3.05, 3.63) is 0 Å². The van der Waals surface area contributed by atoms with Gasteiger partial charge >= 0.3 is 0 Å². The summed E-state index contributed by atoms with van der Waals surface area (Å²) >= 11 is 0. The summed E-state index contributed by atoms with van der Waals surface area (Å²) in [7, 11) is 0. The summed E-state index contributed by atoms with van der Waals surface area (Å²) in [4.78, 5) is 2.74.